The van der Waals surface area contributed by atoms with Crippen LogP contribution in [0, 0.1) is 0 Å². The van der Waals surface area contributed by atoms with Crippen LogP contribution in [0.3, 0.4) is 0 Å². The molecule has 1 aromatic heterocycles. The van der Waals surface area contributed by atoms with Crippen molar-refractivity contribution in [2.45, 2.75) is 45.1 Å². The van der Waals surface area contributed by atoms with Crippen LogP contribution in [0.5, 0.6) is 0 Å². The third-order valence-corrected chi connectivity index (χ3v) is 4.75. The van der Waals surface area contributed by atoms with Crippen LogP contribution in [-0.2, 0) is 4.79 Å². The zero-order valence-electron chi connectivity index (χ0n) is 13.0. The molecule has 0 bridgehead atoms. The standard InChI is InChI=1S/C15H23N3O3S/c1-3-10(2)18-14(11-4-5-11)12(8-17-18)15(21)16-6-7-22-9-13(19)20/h8,10-11H,3-7,9H2,1-2H3,(H,16,21)(H,19,20). The zero-order chi connectivity index (χ0) is 16.1. The molecule has 0 radical (unpaired) electrons. The van der Waals surface area contributed by atoms with Gasteiger partial charge in [-0.2, -0.15) is 5.10 Å². The van der Waals surface area contributed by atoms with Crippen molar-refractivity contribution < 1.29 is 14.7 Å². The summed E-state index contributed by atoms with van der Waals surface area (Å²) in [6, 6.07) is 0.295. The fourth-order valence-corrected chi connectivity index (χ4v) is 2.89. The number of nitrogens with zero attached hydrogens (tertiary/aromatic N) is 2. The topological polar surface area (TPSA) is 84.2 Å². The van der Waals surface area contributed by atoms with Gasteiger partial charge in [-0.15, -0.1) is 11.8 Å². The highest BCUT2D eigenvalue weighted by Gasteiger charge is 2.33. The van der Waals surface area contributed by atoms with Gasteiger partial charge < -0.3 is 10.4 Å². The van der Waals surface area contributed by atoms with Gasteiger partial charge >= 0.3 is 5.97 Å². The van der Waals surface area contributed by atoms with Crippen LogP contribution in [0.4, 0.5) is 0 Å². The SMILES string of the molecule is CCC(C)n1ncc(C(=O)NCCSCC(=O)O)c1C1CC1. The van der Waals surface area contributed by atoms with E-state index in [-0.39, 0.29) is 11.7 Å². The number of hydrogen-bond donors (Lipinski definition) is 2. The average Bonchev–Trinajstić information content (AvgIpc) is 3.23. The van der Waals surface area contributed by atoms with E-state index in [1.165, 1.54) is 11.8 Å². The van der Waals surface area contributed by atoms with E-state index >= 15 is 0 Å². The highest BCUT2D eigenvalue weighted by atomic mass is 32.2. The second kappa shape index (κ2) is 7.67. The average molecular weight is 325 g/mol. The summed E-state index contributed by atoms with van der Waals surface area (Å²) >= 11 is 1.30. The summed E-state index contributed by atoms with van der Waals surface area (Å²) in [6.07, 6.45) is 4.89. The van der Waals surface area contributed by atoms with Crippen molar-refractivity contribution in [2.75, 3.05) is 18.1 Å². The fourth-order valence-electron chi connectivity index (χ4n) is 2.33. The number of carbonyl (C=O) groups is 2. The lowest BCUT2D eigenvalue weighted by Crippen LogP contribution is -2.27. The van der Waals surface area contributed by atoms with Crippen LogP contribution < -0.4 is 5.32 Å². The van der Waals surface area contributed by atoms with Gasteiger partial charge in [0.05, 0.1) is 23.2 Å². The molecule has 1 atom stereocenters. The second-order valence-corrected chi connectivity index (χ2v) is 6.73. The number of thioether (sulfide) groups is 1. The molecule has 7 heteroatoms. The maximum Gasteiger partial charge on any atom is 0.313 e. The molecule has 1 aromatic rings. The van der Waals surface area contributed by atoms with Crippen molar-refractivity contribution in [3.05, 3.63) is 17.5 Å². The number of rotatable bonds is 9. The summed E-state index contributed by atoms with van der Waals surface area (Å²) in [5.74, 6) is 0.180. The minimum Gasteiger partial charge on any atom is -0.481 e. The van der Waals surface area contributed by atoms with E-state index in [1.807, 2.05) is 4.68 Å². The molecular formula is C15H23N3O3S. The van der Waals surface area contributed by atoms with Gasteiger partial charge in [-0.3, -0.25) is 14.3 Å². The Morgan fingerprint density at radius 2 is 2.27 bits per heavy atom. The summed E-state index contributed by atoms with van der Waals surface area (Å²) in [5.41, 5.74) is 1.73. The first-order chi connectivity index (χ1) is 10.5. The number of nitrogens with one attached hydrogen (secondary N) is 1. The zero-order valence-corrected chi connectivity index (χ0v) is 13.9. The van der Waals surface area contributed by atoms with Crippen LogP contribution in [0.1, 0.15) is 61.1 Å². The van der Waals surface area contributed by atoms with Gasteiger partial charge in [-0.25, -0.2) is 0 Å². The maximum atomic E-state index is 12.3. The molecule has 6 nitrogen and oxygen atoms in total. The van der Waals surface area contributed by atoms with Crippen LogP contribution >= 0.6 is 11.8 Å². The summed E-state index contributed by atoms with van der Waals surface area (Å²) in [4.78, 5) is 22.7. The van der Waals surface area contributed by atoms with E-state index < -0.39 is 5.97 Å². The summed E-state index contributed by atoms with van der Waals surface area (Å²) in [6.45, 7) is 4.70. The van der Waals surface area contributed by atoms with Crippen molar-refractivity contribution in [2.24, 2.45) is 0 Å². The predicted molar refractivity (Wildman–Crippen MR) is 86.5 cm³/mol. The van der Waals surface area contributed by atoms with Gasteiger partial charge in [0.25, 0.3) is 5.91 Å². The minimum atomic E-state index is -0.831. The Bertz CT molecular complexity index is 540. The Morgan fingerprint density at radius 1 is 1.55 bits per heavy atom. The molecule has 1 amide bonds. The highest BCUT2D eigenvalue weighted by Crippen LogP contribution is 2.42. The molecule has 1 unspecified atom stereocenters. The lowest BCUT2D eigenvalue weighted by Gasteiger charge is -2.14. The van der Waals surface area contributed by atoms with Crippen LogP contribution in [-0.4, -0.2) is 44.8 Å². The van der Waals surface area contributed by atoms with Gasteiger partial charge in [0.15, 0.2) is 0 Å². The Labute approximate surface area is 134 Å². The minimum absolute atomic E-state index is 0.0646. The van der Waals surface area contributed by atoms with Crippen LogP contribution in [0.2, 0.25) is 0 Å². The third-order valence-electron chi connectivity index (χ3n) is 3.81. The Balaban J connectivity index is 1.95. The Kier molecular flexibility index (Phi) is 5.88. The summed E-state index contributed by atoms with van der Waals surface area (Å²) in [7, 11) is 0. The molecule has 1 fully saturated rings. The van der Waals surface area contributed by atoms with Crippen molar-refractivity contribution in [3.8, 4) is 0 Å². The van der Waals surface area contributed by atoms with Crippen molar-refractivity contribution in [1.82, 2.24) is 15.1 Å². The lowest BCUT2D eigenvalue weighted by atomic mass is 10.1. The van der Waals surface area contributed by atoms with Gasteiger partial charge in [0.2, 0.25) is 0 Å². The van der Waals surface area contributed by atoms with Crippen LogP contribution in [0.25, 0.3) is 0 Å². The van der Waals surface area contributed by atoms with E-state index in [4.69, 9.17) is 5.11 Å². The molecule has 1 saturated carbocycles. The van der Waals surface area contributed by atoms with Crippen molar-refractivity contribution in [3.63, 3.8) is 0 Å². The predicted octanol–water partition coefficient (Wildman–Crippen LogP) is 2.28. The number of carboxylic acid groups (broad SMARTS) is 1. The quantitative estimate of drug-likeness (QED) is 0.681. The third kappa shape index (κ3) is 4.25. The summed E-state index contributed by atoms with van der Waals surface area (Å²) < 4.78 is 1.99. The first kappa shape index (κ1) is 16.9. The first-order valence-electron chi connectivity index (χ1n) is 7.69. The highest BCUT2D eigenvalue weighted by molar-refractivity contribution is 7.99. The molecule has 0 aromatic carbocycles. The summed E-state index contributed by atoms with van der Waals surface area (Å²) in [5, 5.41) is 15.8. The van der Waals surface area contributed by atoms with E-state index in [0.29, 0.717) is 29.8 Å². The normalized spacial score (nSPS) is 15.5. The molecule has 122 valence electrons. The molecule has 0 aliphatic heterocycles. The van der Waals surface area contributed by atoms with E-state index in [1.54, 1.807) is 6.20 Å². The van der Waals surface area contributed by atoms with E-state index in [2.05, 4.69) is 24.3 Å². The monoisotopic (exact) mass is 325 g/mol. The molecule has 1 aliphatic rings. The van der Waals surface area contributed by atoms with Gasteiger partial charge in [-0.05, 0) is 26.2 Å². The van der Waals surface area contributed by atoms with Crippen molar-refractivity contribution in [1.29, 1.82) is 0 Å². The smallest absolute Gasteiger partial charge is 0.313 e. The molecular weight excluding hydrogens is 302 g/mol. The number of aliphatic carboxylic acids is 1. The molecule has 2 rings (SSSR count). The lowest BCUT2D eigenvalue weighted by molar-refractivity contribution is -0.133. The van der Waals surface area contributed by atoms with Gasteiger partial charge in [0.1, 0.15) is 0 Å². The molecule has 22 heavy (non-hydrogen) atoms. The van der Waals surface area contributed by atoms with E-state index in [9.17, 15) is 9.59 Å². The Morgan fingerprint density at radius 3 is 2.86 bits per heavy atom. The second-order valence-electron chi connectivity index (χ2n) is 5.62. The largest absolute Gasteiger partial charge is 0.481 e. The van der Waals surface area contributed by atoms with Crippen LogP contribution in [0.15, 0.2) is 6.20 Å². The molecule has 0 saturated heterocycles. The van der Waals surface area contributed by atoms with Gasteiger partial charge in [0, 0.05) is 24.3 Å². The number of hydrogen-bond acceptors (Lipinski definition) is 4. The number of carbonyl (C=O) groups excluding carboxylic acids is 1. The molecule has 1 aliphatic carbocycles. The molecule has 0 spiro atoms. The number of carboxylic acids is 1. The number of aromatic nitrogens is 2. The van der Waals surface area contributed by atoms with Crippen molar-refractivity contribution >= 4 is 23.6 Å². The van der Waals surface area contributed by atoms with Gasteiger partial charge in [-0.1, -0.05) is 6.92 Å². The molecule has 1 heterocycles. The first-order valence-corrected chi connectivity index (χ1v) is 8.85. The van der Waals surface area contributed by atoms with E-state index in [0.717, 1.165) is 25.0 Å². The fraction of sp³-hybridized carbons (Fsp3) is 0.667. The Hall–Kier alpha value is -1.50. The molecule has 2 N–H and O–H groups in total. The number of amides is 1. The maximum absolute atomic E-state index is 12.3.